The van der Waals surface area contributed by atoms with Crippen molar-refractivity contribution in [1.82, 2.24) is 9.47 Å². The number of hydrogen-bond donors (Lipinski definition) is 0. The maximum Gasteiger partial charge on any atom is 0.0594 e. The molecule has 0 aliphatic carbocycles. The highest BCUT2D eigenvalue weighted by atomic mass is 35.5. The zero-order valence-electron chi connectivity index (χ0n) is 12.6. The number of halogens is 1. The minimum absolute atomic E-state index is 0.773. The van der Waals surface area contributed by atoms with E-state index < -0.39 is 0 Å². The van der Waals surface area contributed by atoms with E-state index in [1.54, 1.807) is 0 Å². The van der Waals surface area contributed by atoms with E-state index in [-0.39, 0.29) is 0 Å². The zero-order valence-corrected chi connectivity index (χ0v) is 13.4. The van der Waals surface area contributed by atoms with Crippen LogP contribution >= 0.6 is 11.6 Å². The van der Waals surface area contributed by atoms with Crippen molar-refractivity contribution in [3.05, 3.63) is 52.3 Å². The molecule has 0 radical (unpaired) electrons. The van der Waals surface area contributed by atoms with Crippen molar-refractivity contribution in [2.75, 3.05) is 26.3 Å². The summed E-state index contributed by atoms with van der Waals surface area (Å²) in [5.41, 5.74) is 5.13. The van der Waals surface area contributed by atoms with Crippen LogP contribution in [0.2, 0.25) is 5.02 Å². The van der Waals surface area contributed by atoms with E-state index in [0.717, 1.165) is 37.9 Å². The van der Waals surface area contributed by atoms with Gasteiger partial charge < -0.3 is 9.30 Å². The number of benzene rings is 1. The SMILES string of the molecule is Cc1cc(CN2CCOCC2)c(C)n1-c1ccc(Cl)cc1. The van der Waals surface area contributed by atoms with E-state index in [0.29, 0.717) is 0 Å². The summed E-state index contributed by atoms with van der Waals surface area (Å²) in [6.07, 6.45) is 0. The van der Waals surface area contributed by atoms with Crippen LogP contribution in [0, 0.1) is 13.8 Å². The van der Waals surface area contributed by atoms with Crippen LogP contribution in [0.5, 0.6) is 0 Å². The molecule has 0 atom stereocenters. The molecule has 1 aromatic heterocycles. The lowest BCUT2D eigenvalue weighted by atomic mass is 10.2. The van der Waals surface area contributed by atoms with Gasteiger partial charge in [-0.1, -0.05) is 11.6 Å². The molecule has 1 aliphatic heterocycles. The second-order valence-corrected chi connectivity index (χ2v) is 6.03. The number of ether oxygens (including phenoxy) is 1. The van der Waals surface area contributed by atoms with Gasteiger partial charge in [0.2, 0.25) is 0 Å². The predicted octanol–water partition coefficient (Wildman–Crippen LogP) is 3.58. The quantitative estimate of drug-likeness (QED) is 0.862. The third kappa shape index (κ3) is 3.15. The van der Waals surface area contributed by atoms with E-state index in [9.17, 15) is 0 Å². The van der Waals surface area contributed by atoms with Crippen LogP contribution < -0.4 is 0 Å². The molecule has 0 unspecified atom stereocenters. The highest BCUT2D eigenvalue weighted by Crippen LogP contribution is 2.23. The van der Waals surface area contributed by atoms with E-state index in [1.165, 1.54) is 22.6 Å². The normalized spacial score (nSPS) is 16.3. The number of aromatic nitrogens is 1. The summed E-state index contributed by atoms with van der Waals surface area (Å²) in [4.78, 5) is 2.46. The van der Waals surface area contributed by atoms with Gasteiger partial charge in [0.15, 0.2) is 0 Å². The Morgan fingerprint density at radius 1 is 1.10 bits per heavy atom. The molecule has 3 nitrogen and oxygen atoms in total. The number of rotatable bonds is 3. The number of hydrogen-bond acceptors (Lipinski definition) is 2. The average Bonchev–Trinajstić information content (AvgIpc) is 2.76. The molecule has 0 N–H and O–H groups in total. The Hall–Kier alpha value is -1.29. The van der Waals surface area contributed by atoms with Gasteiger partial charge in [0.25, 0.3) is 0 Å². The van der Waals surface area contributed by atoms with Crippen LogP contribution in [0.15, 0.2) is 30.3 Å². The van der Waals surface area contributed by atoms with Gasteiger partial charge in [0, 0.05) is 41.7 Å². The van der Waals surface area contributed by atoms with Crippen LogP contribution in [0.4, 0.5) is 0 Å². The van der Waals surface area contributed by atoms with Crippen LogP contribution in [-0.4, -0.2) is 35.8 Å². The Morgan fingerprint density at radius 3 is 2.43 bits per heavy atom. The number of nitrogens with zero attached hydrogens (tertiary/aromatic N) is 2. The molecule has 0 bridgehead atoms. The topological polar surface area (TPSA) is 17.4 Å². The molecular formula is C17H21ClN2O. The fraction of sp³-hybridized carbons (Fsp3) is 0.412. The molecule has 1 saturated heterocycles. The molecule has 0 saturated carbocycles. The Kier molecular flexibility index (Phi) is 4.34. The summed E-state index contributed by atoms with van der Waals surface area (Å²) in [6.45, 7) is 9.07. The fourth-order valence-corrected chi connectivity index (χ4v) is 3.10. The lowest BCUT2D eigenvalue weighted by molar-refractivity contribution is 0.0341. The van der Waals surface area contributed by atoms with Gasteiger partial charge in [-0.2, -0.15) is 0 Å². The first-order valence-electron chi connectivity index (χ1n) is 7.39. The van der Waals surface area contributed by atoms with Crippen molar-refractivity contribution in [1.29, 1.82) is 0 Å². The van der Waals surface area contributed by atoms with Crippen LogP contribution in [0.25, 0.3) is 5.69 Å². The van der Waals surface area contributed by atoms with Gasteiger partial charge in [-0.25, -0.2) is 0 Å². The minimum Gasteiger partial charge on any atom is -0.379 e. The molecule has 21 heavy (non-hydrogen) atoms. The lowest BCUT2D eigenvalue weighted by Crippen LogP contribution is -2.35. The summed E-state index contributed by atoms with van der Waals surface area (Å²) in [6, 6.07) is 10.3. The molecule has 2 heterocycles. The van der Waals surface area contributed by atoms with E-state index >= 15 is 0 Å². The van der Waals surface area contributed by atoms with Crippen molar-refractivity contribution in [3.8, 4) is 5.69 Å². The van der Waals surface area contributed by atoms with Crippen LogP contribution in [0.3, 0.4) is 0 Å². The van der Waals surface area contributed by atoms with Gasteiger partial charge in [-0.3, -0.25) is 4.90 Å². The first kappa shape index (κ1) is 14.6. The Bertz CT molecular complexity index is 612. The molecule has 2 aromatic rings. The van der Waals surface area contributed by atoms with Gasteiger partial charge in [-0.05, 0) is 49.7 Å². The molecule has 0 spiro atoms. The average molecular weight is 305 g/mol. The Morgan fingerprint density at radius 2 is 1.76 bits per heavy atom. The first-order valence-corrected chi connectivity index (χ1v) is 7.77. The Labute approximate surface area is 131 Å². The van der Waals surface area contributed by atoms with Crippen molar-refractivity contribution in [3.63, 3.8) is 0 Å². The molecule has 3 rings (SSSR count). The van der Waals surface area contributed by atoms with Gasteiger partial charge in [0.05, 0.1) is 13.2 Å². The number of aryl methyl sites for hydroxylation is 1. The molecule has 1 fully saturated rings. The highest BCUT2D eigenvalue weighted by Gasteiger charge is 2.15. The van der Waals surface area contributed by atoms with Gasteiger partial charge in [0.1, 0.15) is 0 Å². The van der Waals surface area contributed by atoms with E-state index in [1.807, 2.05) is 12.1 Å². The third-order valence-electron chi connectivity index (χ3n) is 4.12. The maximum atomic E-state index is 5.98. The fourth-order valence-electron chi connectivity index (χ4n) is 2.98. The third-order valence-corrected chi connectivity index (χ3v) is 4.37. The van der Waals surface area contributed by atoms with Gasteiger partial charge >= 0.3 is 0 Å². The minimum atomic E-state index is 0.773. The largest absolute Gasteiger partial charge is 0.379 e. The Balaban J connectivity index is 1.87. The van der Waals surface area contributed by atoms with E-state index in [4.69, 9.17) is 16.3 Å². The molecule has 1 aromatic carbocycles. The molecular weight excluding hydrogens is 284 g/mol. The van der Waals surface area contributed by atoms with Crippen LogP contribution in [0.1, 0.15) is 17.0 Å². The molecule has 4 heteroatoms. The molecule has 0 amide bonds. The van der Waals surface area contributed by atoms with Crippen molar-refractivity contribution < 1.29 is 4.74 Å². The molecule has 1 aliphatic rings. The smallest absolute Gasteiger partial charge is 0.0594 e. The summed E-state index contributed by atoms with van der Waals surface area (Å²) < 4.78 is 7.72. The number of morpholine rings is 1. The summed E-state index contributed by atoms with van der Waals surface area (Å²) in [7, 11) is 0. The second kappa shape index (κ2) is 6.22. The van der Waals surface area contributed by atoms with Crippen molar-refractivity contribution in [2.45, 2.75) is 20.4 Å². The first-order chi connectivity index (χ1) is 10.1. The molecule has 112 valence electrons. The summed E-state index contributed by atoms with van der Waals surface area (Å²) in [5, 5.41) is 0.773. The standard InChI is InChI=1S/C17H21ClN2O/c1-13-11-15(12-19-7-9-21-10-8-19)14(2)20(13)17-5-3-16(18)4-6-17/h3-6,11H,7-10,12H2,1-2H3. The monoisotopic (exact) mass is 304 g/mol. The maximum absolute atomic E-state index is 5.98. The van der Waals surface area contributed by atoms with Crippen molar-refractivity contribution in [2.24, 2.45) is 0 Å². The lowest BCUT2D eigenvalue weighted by Gasteiger charge is -2.26. The van der Waals surface area contributed by atoms with E-state index in [2.05, 4.69) is 41.5 Å². The zero-order chi connectivity index (χ0) is 14.8. The highest BCUT2D eigenvalue weighted by molar-refractivity contribution is 6.30. The van der Waals surface area contributed by atoms with Crippen LogP contribution in [-0.2, 0) is 11.3 Å². The summed E-state index contributed by atoms with van der Waals surface area (Å²) in [5.74, 6) is 0. The second-order valence-electron chi connectivity index (χ2n) is 5.60. The van der Waals surface area contributed by atoms with Crippen molar-refractivity contribution >= 4 is 11.6 Å². The predicted molar refractivity (Wildman–Crippen MR) is 86.3 cm³/mol. The summed E-state index contributed by atoms with van der Waals surface area (Å²) >= 11 is 5.98. The van der Waals surface area contributed by atoms with Gasteiger partial charge in [-0.15, -0.1) is 0 Å².